The fraction of sp³-hybridized carbons (Fsp3) is 1.00. The lowest BCUT2D eigenvalue weighted by molar-refractivity contribution is -0.243. The number of ether oxygens (including phenoxy) is 2. The molecule has 0 unspecified atom stereocenters. The van der Waals surface area contributed by atoms with Gasteiger partial charge in [-0.15, -0.1) is 0 Å². The van der Waals surface area contributed by atoms with Gasteiger partial charge in [-0.25, -0.2) is 0 Å². The summed E-state index contributed by atoms with van der Waals surface area (Å²) in [6, 6.07) is 1.18. The second kappa shape index (κ2) is 11.5. The molecule has 86 valence electrons. The van der Waals surface area contributed by atoms with Gasteiger partial charge in [-0.1, -0.05) is 6.42 Å². The van der Waals surface area contributed by atoms with Crippen LogP contribution in [0.5, 0.6) is 0 Å². The Bertz CT molecular complexity index is 110. The number of hydrogen-bond donors (Lipinski definition) is 1. The van der Waals surface area contributed by atoms with Gasteiger partial charge in [0.05, 0.1) is 0 Å². The van der Waals surface area contributed by atoms with Gasteiger partial charge in [-0.05, 0) is 32.1 Å². The molecule has 0 saturated carbocycles. The molecule has 0 aromatic carbocycles. The lowest BCUT2D eigenvalue weighted by Crippen LogP contribution is -2.22. The molecular formula is C9H22O3SSi. The maximum absolute atomic E-state index is 5.54. The summed E-state index contributed by atoms with van der Waals surface area (Å²) in [7, 11) is -0.481. The second-order valence-electron chi connectivity index (χ2n) is 2.85. The van der Waals surface area contributed by atoms with Crippen molar-refractivity contribution >= 4 is 22.4 Å². The van der Waals surface area contributed by atoms with Crippen LogP contribution in [0.15, 0.2) is 0 Å². The Hall–Kier alpha value is 0.447. The number of thiol groups is 1. The first-order valence-electron chi connectivity index (χ1n) is 5.30. The zero-order valence-corrected chi connectivity index (χ0v) is 11.5. The van der Waals surface area contributed by atoms with Crippen LogP contribution in [-0.2, 0) is 13.9 Å². The van der Waals surface area contributed by atoms with E-state index in [9.17, 15) is 0 Å². The minimum absolute atomic E-state index is 0.423. The van der Waals surface area contributed by atoms with Crippen molar-refractivity contribution in [3.05, 3.63) is 0 Å². The molecule has 0 amide bonds. The molecule has 0 saturated heterocycles. The van der Waals surface area contributed by atoms with Crippen molar-refractivity contribution in [2.75, 3.05) is 19.0 Å². The van der Waals surface area contributed by atoms with Gasteiger partial charge < -0.3 is 13.9 Å². The molecule has 0 spiro atoms. The van der Waals surface area contributed by atoms with Gasteiger partial charge in [0.2, 0.25) is 0 Å². The third-order valence-corrected chi connectivity index (χ3v) is 3.27. The van der Waals surface area contributed by atoms with Gasteiger partial charge in [0.1, 0.15) is 0 Å². The van der Waals surface area contributed by atoms with Crippen LogP contribution in [-0.4, -0.2) is 35.2 Å². The predicted octanol–water partition coefficient (Wildman–Crippen LogP) is 1.57. The summed E-state index contributed by atoms with van der Waals surface area (Å²) in [6.07, 6.45) is 2.38. The topological polar surface area (TPSA) is 27.7 Å². The number of hydrogen-bond acceptors (Lipinski definition) is 4. The summed E-state index contributed by atoms with van der Waals surface area (Å²) in [5.74, 6) is 0.967. The Morgan fingerprint density at radius 2 is 1.79 bits per heavy atom. The Morgan fingerprint density at radius 1 is 1.14 bits per heavy atom. The summed E-state index contributed by atoms with van der Waals surface area (Å²) < 4.78 is 16.1. The molecule has 14 heavy (non-hydrogen) atoms. The summed E-state index contributed by atoms with van der Waals surface area (Å²) >= 11 is 4.16. The first-order valence-corrected chi connectivity index (χ1v) is 7.51. The summed E-state index contributed by atoms with van der Waals surface area (Å²) in [6.45, 7) is 4.73. The fourth-order valence-corrected chi connectivity index (χ4v) is 2.32. The van der Waals surface area contributed by atoms with E-state index in [0.717, 1.165) is 5.75 Å². The summed E-state index contributed by atoms with van der Waals surface area (Å²) in [4.78, 5) is 0. The van der Waals surface area contributed by atoms with Crippen LogP contribution in [0.25, 0.3) is 0 Å². The van der Waals surface area contributed by atoms with Crippen LogP contribution in [0.4, 0.5) is 0 Å². The van der Waals surface area contributed by atoms with Crippen LogP contribution in [0.1, 0.15) is 26.7 Å². The molecule has 0 heterocycles. The van der Waals surface area contributed by atoms with Crippen LogP contribution >= 0.6 is 12.6 Å². The van der Waals surface area contributed by atoms with Crippen molar-refractivity contribution in [2.24, 2.45) is 0 Å². The Kier molecular flexibility index (Phi) is 11.9. The lowest BCUT2D eigenvalue weighted by Gasteiger charge is -2.17. The normalized spacial score (nSPS) is 12.0. The SMILES string of the molecule is CCOC(OCC)O[SiH2]CCCCS. The van der Waals surface area contributed by atoms with Gasteiger partial charge in [0.15, 0.2) is 9.76 Å². The van der Waals surface area contributed by atoms with Gasteiger partial charge in [0, 0.05) is 13.2 Å². The molecule has 5 heteroatoms. The van der Waals surface area contributed by atoms with Crippen molar-refractivity contribution < 1.29 is 13.9 Å². The standard InChI is InChI=1S/C9H22O3SSi/c1-3-10-9(11-4-2)12-14-8-6-5-7-13/h9,13H,3-8,14H2,1-2H3. The van der Waals surface area contributed by atoms with Gasteiger partial charge in [-0.3, -0.25) is 0 Å². The molecule has 0 aliphatic rings. The number of rotatable bonds is 10. The first-order chi connectivity index (χ1) is 6.85. The molecule has 0 fully saturated rings. The van der Waals surface area contributed by atoms with Gasteiger partial charge in [0.25, 0.3) is 6.48 Å². The Labute approximate surface area is 94.9 Å². The summed E-state index contributed by atoms with van der Waals surface area (Å²) in [5, 5.41) is 0. The van der Waals surface area contributed by atoms with E-state index in [2.05, 4.69) is 12.6 Å². The predicted molar refractivity (Wildman–Crippen MR) is 64.6 cm³/mol. The van der Waals surface area contributed by atoms with Crippen molar-refractivity contribution in [1.82, 2.24) is 0 Å². The van der Waals surface area contributed by atoms with Crippen molar-refractivity contribution in [2.45, 2.75) is 39.2 Å². The van der Waals surface area contributed by atoms with Crippen LogP contribution in [0.3, 0.4) is 0 Å². The molecule has 0 aliphatic carbocycles. The third kappa shape index (κ3) is 9.02. The fourth-order valence-electron chi connectivity index (χ4n) is 0.987. The van der Waals surface area contributed by atoms with E-state index in [0.29, 0.717) is 13.2 Å². The van der Waals surface area contributed by atoms with Crippen molar-refractivity contribution in [3.8, 4) is 0 Å². The van der Waals surface area contributed by atoms with E-state index >= 15 is 0 Å². The maximum atomic E-state index is 5.54. The summed E-state index contributed by atoms with van der Waals surface area (Å²) in [5.41, 5.74) is 0. The molecular weight excluding hydrogens is 216 g/mol. The van der Waals surface area contributed by atoms with Gasteiger partial charge >= 0.3 is 0 Å². The molecule has 0 radical (unpaired) electrons. The molecule has 0 bridgehead atoms. The van der Waals surface area contributed by atoms with Gasteiger partial charge in [-0.2, -0.15) is 12.6 Å². The van der Waals surface area contributed by atoms with Crippen LogP contribution < -0.4 is 0 Å². The first kappa shape index (κ1) is 14.4. The highest BCUT2D eigenvalue weighted by Gasteiger charge is 2.06. The van der Waals surface area contributed by atoms with Crippen molar-refractivity contribution in [1.29, 1.82) is 0 Å². The lowest BCUT2D eigenvalue weighted by atomic mass is 10.4. The third-order valence-electron chi connectivity index (χ3n) is 1.66. The molecule has 0 rings (SSSR count). The zero-order chi connectivity index (χ0) is 10.6. The average molecular weight is 238 g/mol. The Morgan fingerprint density at radius 3 is 2.29 bits per heavy atom. The van der Waals surface area contributed by atoms with E-state index in [1.54, 1.807) is 0 Å². The highest BCUT2D eigenvalue weighted by Crippen LogP contribution is 2.01. The van der Waals surface area contributed by atoms with E-state index in [-0.39, 0.29) is 0 Å². The average Bonchev–Trinajstić information content (AvgIpc) is 2.18. The molecule has 0 aromatic heterocycles. The number of unbranched alkanes of at least 4 members (excludes halogenated alkanes) is 1. The van der Waals surface area contributed by atoms with E-state index in [1.165, 1.54) is 18.9 Å². The molecule has 0 atom stereocenters. The minimum atomic E-state index is -0.481. The monoisotopic (exact) mass is 238 g/mol. The smallest absolute Gasteiger partial charge is 0.261 e. The second-order valence-corrected chi connectivity index (χ2v) is 4.75. The molecule has 0 N–H and O–H groups in total. The Balaban J connectivity index is 3.30. The van der Waals surface area contributed by atoms with Crippen molar-refractivity contribution in [3.63, 3.8) is 0 Å². The zero-order valence-electron chi connectivity index (χ0n) is 9.20. The minimum Gasteiger partial charge on any atom is -0.379 e. The molecule has 3 nitrogen and oxygen atoms in total. The van der Waals surface area contributed by atoms with Crippen LogP contribution in [0, 0.1) is 0 Å². The van der Waals surface area contributed by atoms with E-state index < -0.39 is 16.2 Å². The van der Waals surface area contributed by atoms with E-state index in [4.69, 9.17) is 13.9 Å². The highest BCUT2D eigenvalue weighted by atomic mass is 32.1. The quantitative estimate of drug-likeness (QED) is 0.271. The maximum Gasteiger partial charge on any atom is 0.261 e. The largest absolute Gasteiger partial charge is 0.379 e. The molecule has 0 aliphatic heterocycles. The van der Waals surface area contributed by atoms with Crippen LogP contribution in [0.2, 0.25) is 6.04 Å². The highest BCUT2D eigenvalue weighted by molar-refractivity contribution is 7.80. The van der Waals surface area contributed by atoms with E-state index in [1.807, 2.05) is 13.8 Å². The molecule has 0 aromatic rings.